The molecule has 1 N–H and O–H groups in total. The summed E-state index contributed by atoms with van der Waals surface area (Å²) in [7, 11) is -2.10. The quantitative estimate of drug-likeness (QED) is 0.416. The molecule has 3 nitrogen and oxygen atoms in total. The lowest BCUT2D eigenvalue weighted by Gasteiger charge is -2.45. The highest BCUT2D eigenvalue weighted by molar-refractivity contribution is 6.74. The number of halogens is 3. The van der Waals surface area contributed by atoms with E-state index >= 15 is 0 Å². The highest BCUT2D eigenvalue weighted by atomic mass is 28.4. The number of aliphatic hydroxyl groups excluding tert-OH is 1. The zero-order valence-corrected chi connectivity index (χ0v) is 23.5. The molecular weight excluding hydrogens is 467 g/mol. The highest BCUT2D eigenvalue weighted by Gasteiger charge is 2.44. The summed E-state index contributed by atoms with van der Waals surface area (Å²) in [5.41, 5.74) is 4.21. The summed E-state index contributed by atoms with van der Waals surface area (Å²) < 4.78 is 46.1. The Kier molecular flexibility index (Phi) is 7.41. The van der Waals surface area contributed by atoms with E-state index in [4.69, 9.17) is 9.41 Å². The zero-order valence-electron chi connectivity index (χ0n) is 22.5. The molecule has 2 atom stereocenters. The van der Waals surface area contributed by atoms with Crippen LogP contribution in [0.1, 0.15) is 99.4 Å². The number of benzene rings is 1. The monoisotopic (exact) mass is 507 g/mol. The molecular formula is C28H40F3NO2Si. The zero-order chi connectivity index (χ0) is 26.6. The maximum absolute atomic E-state index is 13.1. The van der Waals surface area contributed by atoms with Gasteiger partial charge >= 0.3 is 6.18 Å². The van der Waals surface area contributed by atoms with Crippen molar-refractivity contribution < 1.29 is 22.7 Å². The minimum absolute atomic E-state index is 0.0258. The van der Waals surface area contributed by atoms with Gasteiger partial charge in [-0.2, -0.15) is 13.2 Å². The third-order valence-corrected chi connectivity index (χ3v) is 12.3. The van der Waals surface area contributed by atoms with Gasteiger partial charge in [-0.3, -0.25) is 4.98 Å². The number of nitrogens with zero attached hydrogens (tertiary/aromatic N) is 1. The molecule has 1 aliphatic carbocycles. The second-order valence-electron chi connectivity index (χ2n) is 12.2. The van der Waals surface area contributed by atoms with E-state index in [1.54, 1.807) is 0 Å². The first-order valence-electron chi connectivity index (χ1n) is 12.4. The van der Waals surface area contributed by atoms with Crippen molar-refractivity contribution in [3.63, 3.8) is 0 Å². The third-order valence-electron chi connectivity index (χ3n) is 7.81. The standard InChI is InChI=1S/C28H40F3NO2Si/c1-10-20-24(25(33)18-11-13-19(14-12-18)28(29,30)31)17(2)23-21(32-20)15-27(6,7)16-22(23)34-35(8,9)26(3,4)5/h11-14,22,25,33H,10,15-16H2,1-9H3/t22?,25-/m1/s1. The minimum atomic E-state index is -4.41. The van der Waals surface area contributed by atoms with Crippen molar-refractivity contribution in [2.45, 2.75) is 104 Å². The lowest BCUT2D eigenvalue weighted by Crippen LogP contribution is -2.44. The van der Waals surface area contributed by atoms with Gasteiger partial charge in [-0.25, -0.2) is 0 Å². The van der Waals surface area contributed by atoms with Crippen LogP contribution >= 0.6 is 0 Å². The van der Waals surface area contributed by atoms with Gasteiger partial charge in [0.2, 0.25) is 0 Å². The van der Waals surface area contributed by atoms with E-state index in [-0.39, 0.29) is 16.6 Å². The first kappa shape index (κ1) is 27.9. The summed E-state index contributed by atoms with van der Waals surface area (Å²) in [6.07, 6.45) is -3.31. The Balaban J connectivity index is 2.13. The lowest BCUT2D eigenvalue weighted by atomic mass is 9.73. The maximum atomic E-state index is 13.1. The summed E-state index contributed by atoms with van der Waals surface area (Å²) in [6, 6.07) is 4.77. The number of hydrogen-bond donors (Lipinski definition) is 1. The molecule has 1 aromatic heterocycles. The Hall–Kier alpha value is -1.70. The average molecular weight is 508 g/mol. The van der Waals surface area contributed by atoms with Gasteiger partial charge in [-0.15, -0.1) is 0 Å². The molecule has 35 heavy (non-hydrogen) atoms. The van der Waals surface area contributed by atoms with Crippen LogP contribution in [0.5, 0.6) is 0 Å². The van der Waals surface area contributed by atoms with Crippen LogP contribution in [0.15, 0.2) is 24.3 Å². The summed E-state index contributed by atoms with van der Waals surface area (Å²) in [5, 5.41) is 11.4. The fourth-order valence-electron chi connectivity index (χ4n) is 4.84. The van der Waals surface area contributed by atoms with Crippen molar-refractivity contribution in [2.24, 2.45) is 5.41 Å². The van der Waals surface area contributed by atoms with Crippen LogP contribution in [0.25, 0.3) is 0 Å². The van der Waals surface area contributed by atoms with Gasteiger partial charge in [-0.05, 0) is 73.0 Å². The number of pyridine rings is 1. The molecule has 0 fully saturated rings. The molecule has 0 saturated carbocycles. The number of aliphatic hydroxyl groups is 1. The second kappa shape index (κ2) is 9.31. The van der Waals surface area contributed by atoms with E-state index < -0.39 is 26.2 Å². The molecule has 3 rings (SSSR count). The van der Waals surface area contributed by atoms with Crippen LogP contribution in [0.3, 0.4) is 0 Å². The SMILES string of the molecule is CCc1nc2c(c(C)c1[C@H](O)c1ccc(C(F)(F)F)cc1)C(O[Si](C)(C)C(C)(C)C)CC(C)(C)C2. The summed E-state index contributed by atoms with van der Waals surface area (Å²) in [4.78, 5) is 5.03. The first-order valence-corrected chi connectivity index (χ1v) is 15.3. The van der Waals surface area contributed by atoms with Gasteiger partial charge < -0.3 is 9.53 Å². The normalized spacial score (nSPS) is 19.4. The van der Waals surface area contributed by atoms with Crippen molar-refractivity contribution in [3.8, 4) is 0 Å². The Bertz CT molecular complexity index is 1070. The smallest absolute Gasteiger partial charge is 0.410 e. The van der Waals surface area contributed by atoms with Crippen LogP contribution in [0, 0.1) is 12.3 Å². The van der Waals surface area contributed by atoms with Crippen molar-refractivity contribution in [3.05, 3.63) is 63.5 Å². The van der Waals surface area contributed by atoms with E-state index in [9.17, 15) is 18.3 Å². The number of alkyl halides is 3. The summed E-state index contributed by atoms with van der Waals surface area (Å²) in [5.74, 6) is 0. The van der Waals surface area contributed by atoms with E-state index in [2.05, 4.69) is 47.7 Å². The lowest BCUT2D eigenvalue weighted by molar-refractivity contribution is -0.137. The Morgan fingerprint density at radius 3 is 2.20 bits per heavy atom. The maximum Gasteiger partial charge on any atom is 0.416 e. The molecule has 0 aliphatic heterocycles. The van der Waals surface area contributed by atoms with Crippen LogP contribution < -0.4 is 0 Å². The summed E-state index contributed by atoms with van der Waals surface area (Å²) in [6.45, 7) is 19.6. The Morgan fingerprint density at radius 1 is 1.14 bits per heavy atom. The van der Waals surface area contributed by atoms with Crippen LogP contribution in [0.4, 0.5) is 13.2 Å². The molecule has 7 heteroatoms. The van der Waals surface area contributed by atoms with Gasteiger partial charge in [-0.1, -0.05) is 53.7 Å². The fraction of sp³-hybridized carbons (Fsp3) is 0.607. The molecule has 0 amide bonds. The van der Waals surface area contributed by atoms with Crippen molar-refractivity contribution in [2.75, 3.05) is 0 Å². The number of aromatic nitrogens is 1. The van der Waals surface area contributed by atoms with Crippen LogP contribution in [-0.2, 0) is 23.4 Å². The first-order chi connectivity index (χ1) is 15.9. The number of hydrogen-bond acceptors (Lipinski definition) is 3. The molecule has 194 valence electrons. The molecule has 1 unspecified atom stereocenters. The van der Waals surface area contributed by atoms with E-state index in [0.29, 0.717) is 17.5 Å². The van der Waals surface area contributed by atoms with E-state index in [0.717, 1.165) is 47.5 Å². The predicted molar refractivity (Wildman–Crippen MR) is 137 cm³/mol. The van der Waals surface area contributed by atoms with Gasteiger partial charge in [0.1, 0.15) is 6.10 Å². The van der Waals surface area contributed by atoms with Crippen molar-refractivity contribution in [1.82, 2.24) is 4.98 Å². The number of rotatable bonds is 5. The molecule has 0 radical (unpaired) electrons. The number of fused-ring (bicyclic) bond motifs is 1. The molecule has 1 aliphatic rings. The van der Waals surface area contributed by atoms with Gasteiger partial charge in [0.25, 0.3) is 0 Å². The predicted octanol–water partition coefficient (Wildman–Crippen LogP) is 8.09. The highest BCUT2D eigenvalue weighted by Crippen LogP contribution is 2.49. The molecule has 0 spiro atoms. The molecule has 1 heterocycles. The number of aryl methyl sites for hydroxylation is 1. The Labute approximate surface area is 209 Å². The largest absolute Gasteiger partial charge is 0.416 e. The molecule has 0 saturated heterocycles. The average Bonchev–Trinajstić information content (AvgIpc) is 2.70. The molecule has 0 bridgehead atoms. The van der Waals surface area contributed by atoms with E-state index in [1.807, 2.05) is 13.8 Å². The van der Waals surface area contributed by atoms with E-state index in [1.165, 1.54) is 12.1 Å². The molecule has 2 aromatic rings. The second-order valence-corrected chi connectivity index (χ2v) is 17.0. The third kappa shape index (κ3) is 5.67. The topological polar surface area (TPSA) is 42.4 Å². The van der Waals surface area contributed by atoms with Crippen molar-refractivity contribution in [1.29, 1.82) is 0 Å². The van der Waals surface area contributed by atoms with Crippen LogP contribution in [-0.4, -0.2) is 18.4 Å². The van der Waals surface area contributed by atoms with Gasteiger partial charge in [0.05, 0.1) is 11.7 Å². The fourth-order valence-corrected chi connectivity index (χ4v) is 6.11. The molecule has 1 aromatic carbocycles. The van der Waals surface area contributed by atoms with Crippen LogP contribution in [0.2, 0.25) is 18.1 Å². The Morgan fingerprint density at radius 2 is 1.71 bits per heavy atom. The van der Waals surface area contributed by atoms with Crippen molar-refractivity contribution >= 4 is 8.32 Å². The minimum Gasteiger partial charge on any atom is -0.410 e. The summed E-state index contributed by atoms with van der Waals surface area (Å²) >= 11 is 0. The van der Waals surface area contributed by atoms with Gasteiger partial charge in [0, 0.05) is 22.5 Å². The van der Waals surface area contributed by atoms with Gasteiger partial charge in [0.15, 0.2) is 8.32 Å².